The van der Waals surface area contributed by atoms with Gasteiger partial charge in [-0.15, -0.1) is 11.3 Å². The molecule has 206 valence electrons. The van der Waals surface area contributed by atoms with Crippen LogP contribution in [0.1, 0.15) is 0 Å². The zero-order valence-electron chi connectivity index (χ0n) is 23.6. The van der Waals surface area contributed by atoms with Crippen LogP contribution in [-0.4, -0.2) is 9.97 Å². The quantitative estimate of drug-likeness (QED) is 0.208. The highest BCUT2D eigenvalue weighted by Gasteiger charge is 2.21. The van der Waals surface area contributed by atoms with Crippen molar-refractivity contribution in [2.75, 3.05) is 0 Å². The third kappa shape index (κ3) is 4.03. The number of fused-ring (bicyclic) bond motifs is 7. The molecule has 9 aromatic rings. The number of nitrogens with zero attached hydrogens (tertiary/aromatic N) is 2. The maximum absolute atomic E-state index is 6.62. The molecule has 0 bridgehead atoms. The SMILES string of the molecule is c1ccc(-c2ccc(-c3cc(-c4ccccc4)nc(-c4cc5c6ccccc6sc5c5c4oc4ccccc45)n3)cc2)cc1. The standard InChI is InChI=1S/C40H24N2OS/c1-3-11-25(12-4-1)26-19-21-28(22-20-26)34-24-33(27-13-5-2-6-14-27)41-40(42-34)32-23-31-29-15-8-10-18-36(29)44-39(31)37-30-16-7-9-17-35(30)43-38(32)37/h1-24H. The summed E-state index contributed by atoms with van der Waals surface area (Å²) in [4.78, 5) is 10.4. The molecule has 0 amide bonds. The molecule has 0 saturated heterocycles. The number of thiophene rings is 1. The summed E-state index contributed by atoms with van der Waals surface area (Å²) < 4.78 is 9.11. The first-order chi connectivity index (χ1) is 21.8. The minimum absolute atomic E-state index is 0.648. The maximum atomic E-state index is 6.62. The van der Waals surface area contributed by atoms with Gasteiger partial charge in [-0.05, 0) is 35.4 Å². The van der Waals surface area contributed by atoms with Gasteiger partial charge in [0.1, 0.15) is 11.2 Å². The van der Waals surface area contributed by atoms with Gasteiger partial charge < -0.3 is 4.42 Å². The van der Waals surface area contributed by atoms with Gasteiger partial charge in [0.15, 0.2) is 5.82 Å². The van der Waals surface area contributed by atoms with E-state index in [0.717, 1.165) is 50.0 Å². The van der Waals surface area contributed by atoms with Crippen molar-refractivity contribution in [2.24, 2.45) is 0 Å². The Morgan fingerprint density at radius 2 is 1.05 bits per heavy atom. The lowest BCUT2D eigenvalue weighted by molar-refractivity contribution is 0.670. The first-order valence-electron chi connectivity index (χ1n) is 14.7. The fraction of sp³-hybridized carbons (Fsp3) is 0. The van der Waals surface area contributed by atoms with Crippen molar-refractivity contribution in [2.45, 2.75) is 0 Å². The lowest BCUT2D eigenvalue weighted by Crippen LogP contribution is -1.96. The molecule has 6 aromatic carbocycles. The number of furan rings is 1. The van der Waals surface area contributed by atoms with E-state index < -0.39 is 0 Å². The smallest absolute Gasteiger partial charge is 0.164 e. The molecule has 0 saturated carbocycles. The number of para-hydroxylation sites is 1. The topological polar surface area (TPSA) is 38.9 Å². The minimum atomic E-state index is 0.648. The third-order valence-electron chi connectivity index (χ3n) is 8.31. The Labute approximate surface area is 257 Å². The second-order valence-electron chi connectivity index (χ2n) is 11.0. The fourth-order valence-corrected chi connectivity index (χ4v) is 7.41. The molecule has 0 aliphatic heterocycles. The molecule has 0 N–H and O–H groups in total. The third-order valence-corrected chi connectivity index (χ3v) is 9.52. The van der Waals surface area contributed by atoms with Gasteiger partial charge in [-0.2, -0.15) is 0 Å². The van der Waals surface area contributed by atoms with E-state index >= 15 is 0 Å². The van der Waals surface area contributed by atoms with Gasteiger partial charge in [0.05, 0.1) is 17.0 Å². The summed E-state index contributed by atoms with van der Waals surface area (Å²) in [6, 6.07) is 50.6. The first-order valence-corrected chi connectivity index (χ1v) is 15.5. The van der Waals surface area contributed by atoms with Crippen LogP contribution in [0.2, 0.25) is 0 Å². The molecule has 9 rings (SSSR count). The van der Waals surface area contributed by atoms with Crippen molar-refractivity contribution in [1.29, 1.82) is 0 Å². The molecule has 0 aliphatic rings. The molecule has 0 unspecified atom stereocenters. The minimum Gasteiger partial charge on any atom is -0.455 e. The Morgan fingerprint density at radius 1 is 0.477 bits per heavy atom. The predicted molar refractivity (Wildman–Crippen MR) is 184 cm³/mol. The van der Waals surface area contributed by atoms with Gasteiger partial charge in [-0.3, -0.25) is 0 Å². The lowest BCUT2D eigenvalue weighted by atomic mass is 10.0. The van der Waals surface area contributed by atoms with E-state index in [1.807, 2.05) is 47.7 Å². The van der Waals surface area contributed by atoms with Crippen LogP contribution in [0.4, 0.5) is 0 Å². The highest BCUT2D eigenvalue weighted by molar-refractivity contribution is 7.26. The summed E-state index contributed by atoms with van der Waals surface area (Å²) in [5, 5.41) is 4.66. The van der Waals surface area contributed by atoms with Crippen LogP contribution in [0.3, 0.4) is 0 Å². The second-order valence-corrected chi connectivity index (χ2v) is 12.0. The number of hydrogen-bond donors (Lipinski definition) is 0. The zero-order chi connectivity index (χ0) is 29.0. The predicted octanol–water partition coefficient (Wildman–Crippen LogP) is 11.4. The molecule has 3 heterocycles. The Morgan fingerprint density at radius 3 is 1.80 bits per heavy atom. The van der Waals surface area contributed by atoms with Crippen molar-refractivity contribution < 1.29 is 4.42 Å². The molecule has 0 aliphatic carbocycles. The van der Waals surface area contributed by atoms with E-state index in [-0.39, 0.29) is 0 Å². The highest BCUT2D eigenvalue weighted by Crippen LogP contribution is 2.46. The molecule has 0 spiro atoms. The normalized spacial score (nSPS) is 11.6. The monoisotopic (exact) mass is 580 g/mol. The van der Waals surface area contributed by atoms with Crippen LogP contribution in [0.5, 0.6) is 0 Å². The number of aromatic nitrogens is 2. The van der Waals surface area contributed by atoms with E-state index in [1.54, 1.807) is 0 Å². The Hall–Kier alpha value is -5.58. The molecule has 4 heteroatoms. The molecule has 3 aromatic heterocycles. The maximum Gasteiger partial charge on any atom is 0.164 e. The van der Waals surface area contributed by atoms with Crippen molar-refractivity contribution in [3.63, 3.8) is 0 Å². The second kappa shape index (κ2) is 10.0. The van der Waals surface area contributed by atoms with Gasteiger partial charge in [0, 0.05) is 42.1 Å². The van der Waals surface area contributed by atoms with Crippen molar-refractivity contribution in [3.05, 3.63) is 146 Å². The van der Waals surface area contributed by atoms with Gasteiger partial charge >= 0.3 is 0 Å². The van der Waals surface area contributed by atoms with Gasteiger partial charge in [0.2, 0.25) is 0 Å². The molecule has 0 radical (unpaired) electrons. The number of hydrogen-bond acceptors (Lipinski definition) is 4. The van der Waals surface area contributed by atoms with E-state index in [4.69, 9.17) is 14.4 Å². The van der Waals surface area contributed by atoms with Gasteiger partial charge in [0.25, 0.3) is 0 Å². The molecule has 0 fully saturated rings. The fourth-order valence-electron chi connectivity index (χ4n) is 6.17. The van der Waals surface area contributed by atoms with E-state index in [0.29, 0.717) is 5.82 Å². The van der Waals surface area contributed by atoms with Crippen LogP contribution in [0, 0.1) is 0 Å². The lowest BCUT2D eigenvalue weighted by Gasteiger charge is -2.11. The summed E-state index contributed by atoms with van der Waals surface area (Å²) >= 11 is 1.81. The largest absolute Gasteiger partial charge is 0.455 e. The Balaban J connectivity index is 1.32. The number of benzene rings is 6. The molecular weight excluding hydrogens is 557 g/mol. The average Bonchev–Trinajstić information content (AvgIpc) is 3.67. The van der Waals surface area contributed by atoms with Crippen LogP contribution < -0.4 is 0 Å². The summed E-state index contributed by atoms with van der Waals surface area (Å²) in [6.07, 6.45) is 0. The van der Waals surface area contributed by atoms with Gasteiger partial charge in [-0.25, -0.2) is 9.97 Å². The Bertz CT molecular complexity index is 2480. The molecule has 44 heavy (non-hydrogen) atoms. The van der Waals surface area contributed by atoms with E-state index in [1.165, 1.54) is 31.3 Å². The van der Waals surface area contributed by atoms with Gasteiger partial charge in [-0.1, -0.05) is 121 Å². The molecule has 3 nitrogen and oxygen atoms in total. The van der Waals surface area contributed by atoms with Crippen LogP contribution in [-0.2, 0) is 0 Å². The first kappa shape index (κ1) is 25.0. The van der Waals surface area contributed by atoms with Crippen molar-refractivity contribution in [3.8, 4) is 45.0 Å². The summed E-state index contributed by atoms with van der Waals surface area (Å²) in [7, 11) is 0. The molecular formula is C40H24N2OS. The molecule has 0 atom stereocenters. The van der Waals surface area contributed by atoms with Crippen LogP contribution >= 0.6 is 11.3 Å². The van der Waals surface area contributed by atoms with E-state index in [9.17, 15) is 0 Å². The number of rotatable bonds is 4. The van der Waals surface area contributed by atoms with Crippen LogP contribution in [0.25, 0.3) is 87.1 Å². The summed E-state index contributed by atoms with van der Waals surface area (Å²) in [5.74, 6) is 0.648. The van der Waals surface area contributed by atoms with E-state index in [2.05, 4.69) is 109 Å². The highest BCUT2D eigenvalue weighted by atomic mass is 32.1. The average molecular weight is 581 g/mol. The van der Waals surface area contributed by atoms with Crippen LogP contribution in [0.15, 0.2) is 150 Å². The van der Waals surface area contributed by atoms with Crippen molar-refractivity contribution in [1.82, 2.24) is 9.97 Å². The summed E-state index contributed by atoms with van der Waals surface area (Å²) in [5.41, 5.74) is 8.76. The summed E-state index contributed by atoms with van der Waals surface area (Å²) in [6.45, 7) is 0. The zero-order valence-corrected chi connectivity index (χ0v) is 24.4. The Kier molecular flexibility index (Phi) is 5.68. The van der Waals surface area contributed by atoms with Crippen molar-refractivity contribution >= 4 is 53.4 Å².